The predicted octanol–water partition coefficient (Wildman–Crippen LogP) is 5.96. The maximum Gasteiger partial charge on any atom is 0.256 e. The maximum atomic E-state index is 13.4. The van der Waals surface area contributed by atoms with E-state index in [2.05, 4.69) is 10.3 Å². The fourth-order valence-electron chi connectivity index (χ4n) is 3.05. The normalized spacial score (nSPS) is 10.7. The Bertz CT molecular complexity index is 1210. The number of hydrogen-bond acceptors (Lipinski definition) is 3. The van der Waals surface area contributed by atoms with Crippen LogP contribution >= 0.6 is 11.6 Å². The van der Waals surface area contributed by atoms with E-state index in [4.69, 9.17) is 16.3 Å². The topological polar surface area (TPSA) is 51.2 Å². The molecule has 1 N–H and O–H groups in total. The summed E-state index contributed by atoms with van der Waals surface area (Å²) in [6, 6.07) is 20.7. The molecule has 0 aliphatic heterocycles. The molecule has 0 radical (unpaired) electrons. The Labute approximate surface area is 171 Å². The van der Waals surface area contributed by atoms with Crippen LogP contribution in [-0.4, -0.2) is 18.0 Å². The SMILES string of the molecule is COc1ccc(-c2cc(C(=O)Nc3ccc(F)c(Cl)c3)c3ccccc3n2)cc1. The van der Waals surface area contributed by atoms with Crippen molar-refractivity contribution in [3.63, 3.8) is 0 Å². The number of carbonyl (C=O) groups is 1. The van der Waals surface area contributed by atoms with Gasteiger partial charge in [-0.05, 0) is 54.6 Å². The van der Waals surface area contributed by atoms with Crippen molar-refractivity contribution in [2.24, 2.45) is 0 Å². The maximum absolute atomic E-state index is 13.4. The number of para-hydroxylation sites is 1. The van der Waals surface area contributed by atoms with E-state index in [1.54, 1.807) is 13.2 Å². The van der Waals surface area contributed by atoms with E-state index >= 15 is 0 Å². The number of carbonyl (C=O) groups excluding carboxylic acids is 1. The lowest BCUT2D eigenvalue weighted by atomic mass is 10.0. The van der Waals surface area contributed by atoms with Gasteiger partial charge in [0.2, 0.25) is 0 Å². The van der Waals surface area contributed by atoms with Crippen LogP contribution < -0.4 is 10.1 Å². The van der Waals surface area contributed by atoms with Crippen molar-refractivity contribution in [1.82, 2.24) is 4.98 Å². The molecule has 1 heterocycles. The minimum atomic E-state index is -0.541. The van der Waals surface area contributed by atoms with Crippen LogP contribution in [0.3, 0.4) is 0 Å². The molecule has 0 aliphatic rings. The lowest BCUT2D eigenvalue weighted by Gasteiger charge is -2.11. The average Bonchev–Trinajstić information content (AvgIpc) is 2.75. The summed E-state index contributed by atoms with van der Waals surface area (Å²) in [5.74, 6) is -0.137. The minimum Gasteiger partial charge on any atom is -0.497 e. The summed E-state index contributed by atoms with van der Waals surface area (Å²) >= 11 is 5.82. The van der Waals surface area contributed by atoms with E-state index in [1.807, 2.05) is 48.5 Å². The first-order valence-corrected chi connectivity index (χ1v) is 9.23. The average molecular weight is 407 g/mol. The third-order valence-corrected chi connectivity index (χ3v) is 4.81. The van der Waals surface area contributed by atoms with E-state index in [0.717, 1.165) is 16.7 Å². The highest BCUT2D eigenvalue weighted by Gasteiger charge is 2.15. The van der Waals surface area contributed by atoms with Crippen LogP contribution in [-0.2, 0) is 0 Å². The minimum absolute atomic E-state index is 0.0543. The third-order valence-electron chi connectivity index (χ3n) is 4.52. The first kappa shape index (κ1) is 18.9. The lowest BCUT2D eigenvalue weighted by molar-refractivity contribution is 0.102. The van der Waals surface area contributed by atoms with Crippen molar-refractivity contribution >= 4 is 34.1 Å². The lowest BCUT2D eigenvalue weighted by Crippen LogP contribution is -2.13. The van der Waals surface area contributed by atoms with Gasteiger partial charge in [0.1, 0.15) is 11.6 Å². The number of rotatable bonds is 4. The summed E-state index contributed by atoms with van der Waals surface area (Å²) in [7, 11) is 1.60. The highest BCUT2D eigenvalue weighted by Crippen LogP contribution is 2.27. The second kappa shape index (κ2) is 7.89. The van der Waals surface area contributed by atoms with Crippen molar-refractivity contribution in [1.29, 1.82) is 0 Å². The van der Waals surface area contributed by atoms with Gasteiger partial charge in [0.15, 0.2) is 0 Å². The molecular formula is C23H16ClFN2O2. The Morgan fingerprint density at radius 2 is 1.79 bits per heavy atom. The molecule has 4 nitrogen and oxygen atoms in total. The van der Waals surface area contributed by atoms with Gasteiger partial charge < -0.3 is 10.1 Å². The summed E-state index contributed by atoms with van der Waals surface area (Å²) in [5, 5.41) is 3.44. The second-order valence-corrected chi connectivity index (χ2v) is 6.79. The van der Waals surface area contributed by atoms with Gasteiger partial charge in [0.05, 0.1) is 28.9 Å². The molecule has 4 rings (SSSR count). The number of halogens is 2. The second-order valence-electron chi connectivity index (χ2n) is 6.38. The van der Waals surface area contributed by atoms with E-state index in [-0.39, 0.29) is 10.9 Å². The van der Waals surface area contributed by atoms with Crippen LogP contribution in [0.2, 0.25) is 5.02 Å². The molecule has 0 atom stereocenters. The van der Waals surface area contributed by atoms with Crippen LogP contribution in [0.4, 0.5) is 10.1 Å². The number of hydrogen-bond donors (Lipinski definition) is 1. The van der Waals surface area contributed by atoms with Gasteiger partial charge >= 0.3 is 0 Å². The Morgan fingerprint density at radius 1 is 1.03 bits per heavy atom. The molecule has 29 heavy (non-hydrogen) atoms. The zero-order chi connectivity index (χ0) is 20.4. The molecule has 0 aliphatic carbocycles. The molecule has 4 aromatic rings. The number of pyridine rings is 1. The number of nitrogens with zero attached hydrogens (tertiary/aromatic N) is 1. The highest BCUT2D eigenvalue weighted by molar-refractivity contribution is 6.31. The molecule has 0 unspecified atom stereocenters. The summed E-state index contributed by atoms with van der Waals surface area (Å²) in [6.07, 6.45) is 0. The third kappa shape index (κ3) is 3.91. The summed E-state index contributed by atoms with van der Waals surface area (Å²) in [5.41, 5.74) is 3.09. The first-order chi connectivity index (χ1) is 14.0. The Hall–Kier alpha value is -3.44. The van der Waals surface area contributed by atoms with Gasteiger partial charge in [-0.2, -0.15) is 0 Å². The monoisotopic (exact) mass is 406 g/mol. The van der Waals surface area contributed by atoms with Crippen molar-refractivity contribution in [3.05, 3.63) is 89.2 Å². The number of aromatic nitrogens is 1. The number of nitrogens with one attached hydrogen (secondary N) is 1. The van der Waals surface area contributed by atoms with Gasteiger partial charge in [-0.15, -0.1) is 0 Å². The first-order valence-electron chi connectivity index (χ1n) is 8.86. The Kier molecular flexibility index (Phi) is 5.14. The standard InChI is InChI=1S/C23H16ClFN2O2/c1-29-16-9-6-14(7-10-16)22-13-18(17-4-2-3-5-21(17)27-22)23(28)26-15-8-11-20(25)19(24)12-15/h2-13H,1H3,(H,26,28). The quantitative estimate of drug-likeness (QED) is 0.455. The molecule has 1 aromatic heterocycles. The fourth-order valence-corrected chi connectivity index (χ4v) is 3.23. The van der Waals surface area contributed by atoms with Crippen molar-refractivity contribution in [2.45, 2.75) is 0 Å². The molecule has 0 saturated carbocycles. The number of anilines is 1. The van der Waals surface area contributed by atoms with Gasteiger partial charge in [0.25, 0.3) is 5.91 Å². The summed E-state index contributed by atoms with van der Waals surface area (Å²) in [6.45, 7) is 0. The number of benzene rings is 3. The number of fused-ring (bicyclic) bond motifs is 1. The molecule has 144 valence electrons. The van der Waals surface area contributed by atoms with Gasteiger partial charge in [-0.3, -0.25) is 4.79 Å². The zero-order valence-electron chi connectivity index (χ0n) is 15.4. The Balaban J connectivity index is 1.77. The van der Waals surface area contributed by atoms with Gasteiger partial charge in [0, 0.05) is 16.6 Å². The molecule has 0 fully saturated rings. The van der Waals surface area contributed by atoms with Crippen LogP contribution in [0.25, 0.3) is 22.2 Å². The molecule has 3 aromatic carbocycles. The van der Waals surface area contributed by atoms with Crippen molar-refractivity contribution in [3.8, 4) is 17.0 Å². The molecule has 1 amide bonds. The predicted molar refractivity (Wildman–Crippen MR) is 113 cm³/mol. The van der Waals surface area contributed by atoms with Crippen LogP contribution in [0, 0.1) is 5.82 Å². The fraction of sp³-hybridized carbons (Fsp3) is 0.0435. The molecule has 0 bridgehead atoms. The molecular weight excluding hydrogens is 391 g/mol. The summed E-state index contributed by atoms with van der Waals surface area (Å²) in [4.78, 5) is 17.7. The van der Waals surface area contributed by atoms with Gasteiger partial charge in [-0.25, -0.2) is 9.37 Å². The number of methoxy groups -OCH3 is 1. The largest absolute Gasteiger partial charge is 0.497 e. The number of ether oxygens (including phenoxy) is 1. The van der Waals surface area contributed by atoms with Crippen LogP contribution in [0.15, 0.2) is 72.8 Å². The molecule has 0 saturated heterocycles. The smallest absolute Gasteiger partial charge is 0.256 e. The zero-order valence-corrected chi connectivity index (χ0v) is 16.2. The highest BCUT2D eigenvalue weighted by atomic mass is 35.5. The van der Waals surface area contributed by atoms with E-state index < -0.39 is 5.82 Å². The Morgan fingerprint density at radius 3 is 2.52 bits per heavy atom. The molecule has 6 heteroatoms. The van der Waals surface area contributed by atoms with E-state index in [0.29, 0.717) is 22.5 Å². The van der Waals surface area contributed by atoms with Crippen molar-refractivity contribution in [2.75, 3.05) is 12.4 Å². The van der Waals surface area contributed by atoms with E-state index in [9.17, 15) is 9.18 Å². The van der Waals surface area contributed by atoms with Crippen molar-refractivity contribution < 1.29 is 13.9 Å². The van der Waals surface area contributed by atoms with E-state index in [1.165, 1.54) is 18.2 Å². The molecule has 0 spiro atoms. The van der Waals surface area contributed by atoms with Crippen LogP contribution in [0.1, 0.15) is 10.4 Å². The number of amides is 1. The van der Waals surface area contributed by atoms with Crippen LogP contribution in [0.5, 0.6) is 5.75 Å². The summed E-state index contributed by atoms with van der Waals surface area (Å²) < 4.78 is 18.6. The van der Waals surface area contributed by atoms with Gasteiger partial charge in [-0.1, -0.05) is 29.8 Å².